The van der Waals surface area contributed by atoms with Gasteiger partial charge < -0.3 is 9.47 Å². The minimum Gasteiger partial charge on any atom is -0.465 e. The van der Waals surface area contributed by atoms with Crippen molar-refractivity contribution in [2.24, 2.45) is 5.92 Å². The van der Waals surface area contributed by atoms with Crippen LogP contribution in [0, 0.1) is 5.92 Å². The van der Waals surface area contributed by atoms with Gasteiger partial charge in [0.2, 0.25) is 0 Å². The summed E-state index contributed by atoms with van der Waals surface area (Å²) in [6.07, 6.45) is 2.80. The monoisotopic (exact) mass is 256 g/mol. The van der Waals surface area contributed by atoms with Gasteiger partial charge in [0.15, 0.2) is 0 Å². The van der Waals surface area contributed by atoms with Crippen LogP contribution in [0.1, 0.15) is 12.0 Å². The second-order valence-electron chi connectivity index (χ2n) is 4.89. The fourth-order valence-corrected chi connectivity index (χ4v) is 2.73. The van der Waals surface area contributed by atoms with Gasteiger partial charge in [-0.3, -0.25) is 0 Å². The Labute approximate surface area is 112 Å². The molecule has 1 aromatic rings. The summed E-state index contributed by atoms with van der Waals surface area (Å²) in [4.78, 5) is 12.0. The minimum atomic E-state index is -0.267. The summed E-state index contributed by atoms with van der Waals surface area (Å²) in [7, 11) is 1.42. The van der Waals surface area contributed by atoms with Crippen molar-refractivity contribution in [3.05, 3.63) is 53.1 Å². The van der Waals surface area contributed by atoms with Crippen molar-refractivity contribution < 1.29 is 14.3 Å². The highest BCUT2D eigenvalue weighted by Crippen LogP contribution is 2.38. The number of fused-ring (bicyclic) bond motifs is 1. The molecule has 1 heterocycles. The Bertz CT molecular complexity index is 555. The average molecular weight is 256 g/mol. The summed E-state index contributed by atoms with van der Waals surface area (Å²) in [5, 5.41) is 0. The van der Waals surface area contributed by atoms with Crippen LogP contribution in [-0.4, -0.2) is 26.3 Å². The molecular weight excluding hydrogens is 240 g/mol. The highest BCUT2D eigenvalue weighted by atomic mass is 16.5. The zero-order valence-corrected chi connectivity index (χ0v) is 10.9. The van der Waals surface area contributed by atoms with Gasteiger partial charge in [0.05, 0.1) is 25.9 Å². The molecule has 1 saturated heterocycles. The molecule has 2 aliphatic rings. The normalized spacial score (nSPS) is 21.9. The maximum absolute atomic E-state index is 12.0. The first-order valence-electron chi connectivity index (χ1n) is 6.44. The number of methoxy groups -OCH3 is 1. The number of esters is 1. The Balaban J connectivity index is 2.08. The van der Waals surface area contributed by atoms with E-state index < -0.39 is 0 Å². The number of ether oxygens (including phenoxy) is 2. The van der Waals surface area contributed by atoms with Crippen LogP contribution < -0.4 is 0 Å². The summed E-state index contributed by atoms with van der Waals surface area (Å²) < 4.78 is 10.4. The molecule has 0 radical (unpaired) electrons. The molecule has 0 N–H and O–H groups in total. The van der Waals surface area contributed by atoms with Crippen LogP contribution in [0.15, 0.2) is 47.6 Å². The van der Waals surface area contributed by atoms with E-state index in [0.717, 1.165) is 24.2 Å². The zero-order valence-electron chi connectivity index (χ0n) is 10.9. The molecule has 0 spiro atoms. The number of hydrogen-bond donors (Lipinski definition) is 0. The summed E-state index contributed by atoms with van der Waals surface area (Å²) in [5.41, 5.74) is 4.03. The molecule has 3 heteroatoms. The van der Waals surface area contributed by atoms with Crippen LogP contribution in [0.2, 0.25) is 0 Å². The number of hydrogen-bond acceptors (Lipinski definition) is 3. The molecule has 1 atom stereocenters. The van der Waals surface area contributed by atoms with Gasteiger partial charge in [0.1, 0.15) is 0 Å². The third kappa shape index (κ3) is 2.22. The Kier molecular flexibility index (Phi) is 3.22. The fraction of sp³-hybridized carbons (Fsp3) is 0.312. The molecule has 3 rings (SSSR count). The summed E-state index contributed by atoms with van der Waals surface area (Å²) >= 11 is 0. The average Bonchev–Trinajstić information content (AvgIpc) is 2.93. The first-order valence-corrected chi connectivity index (χ1v) is 6.44. The second-order valence-corrected chi connectivity index (χ2v) is 4.89. The Morgan fingerprint density at radius 3 is 2.84 bits per heavy atom. The quantitative estimate of drug-likeness (QED) is 0.763. The topological polar surface area (TPSA) is 35.5 Å². The van der Waals surface area contributed by atoms with Crippen molar-refractivity contribution in [3.8, 4) is 0 Å². The number of carbonyl (C=O) groups excluding carboxylic acids is 1. The molecule has 1 aliphatic heterocycles. The highest BCUT2D eigenvalue weighted by molar-refractivity contribution is 6.01. The number of allylic oxidation sites excluding steroid dienone is 1. The van der Waals surface area contributed by atoms with Crippen molar-refractivity contribution in [2.75, 3.05) is 20.3 Å². The van der Waals surface area contributed by atoms with E-state index in [-0.39, 0.29) is 5.97 Å². The predicted octanol–water partition coefficient (Wildman–Crippen LogP) is 2.59. The Morgan fingerprint density at radius 1 is 1.32 bits per heavy atom. The van der Waals surface area contributed by atoms with Gasteiger partial charge in [-0.25, -0.2) is 4.79 Å². The molecule has 1 aliphatic carbocycles. The lowest BCUT2D eigenvalue weighted by molar-refractivity contribution is -0.135. The third-order valence-corrected chi connectivity index (χ3v) is 3.75. The van der Waals surface area contributed by atoms with Crippen LogP contribution in [0.4, 0.5) is 0 Å². The van der Waals surface area contributed by atoms with E-state index in [0.29, 0.717) is 18.1 Å². The van der Waals surface area contributed by atoms with Crippen LogP contribution in [0.3, 0.4) is 0 Å². The van der Waals surface area contributed by atoms with Gasteiger partial charge >= 0.3 is 5.97 Å². The maximum atomic E-state index is 12.0. The van der Waals surface area contributed by atoms with Crippen LogP contribution in [-0.2, 0) is 14.3 Å². The smallest absolute Gasteiger partial charge is 0.338 e. The molecule has 0 saturated carbocycles. The fourth-order valence-electron chi connectivity index (χ4n) is 2.73. The first kappa shape index (κ1) is 12.2. The number of benzene rings is 1. The van der Waals surface area contributed by atoms with E-state index in [1.165, 1.54) is 12.7 Å². The standard InChI is InChI=1S/C16H16O3/c1-18-16(17)15-8-13-10-19-9-12(13)7-14(15)11-5-3-2-4-6-11/h2-6,8,12H,7,9-10H2,1H3. The SMILES string of the molecule is COC(=O)C1=C(c2ccccc2)CC2COCC2=C1. The molecule has 1 aromatic carbocycles. The second kappa shape index (κ2) is 5.02. The van der Waals surface area contributed by atoms with Gasteiger partial charge in [-0.2, -0.15) is 0 Å². The summed E-state index contributed by atoms with van der Waals surface area (Å²) in [6.45, 7) is 1.38. The molecule has 0 amide bonds. The number of carbonyl (C=O) groups is 1. The van der Waals surface area contributed by atoms with Crippen LogP contribution in [0.25, 0.3) is 5.57 Å². The molecule has 3 nitrogen and oxygen atoms in total. The van der Waals surface area contributed by atoms with E-state index >= 15 is 0 Å². The predicted molar refractivity (Wildman–Crippen MR) is 72.4 cm³/mol. The van der Waals surface area contributed by atoms with Gasteiger partial charge in [-0.15, -0.1) is 0 Å². The zero-order chi connectivity index (χ0) is 13.2. The van der Waals surface area contributed by atoms with Crippen molar-refractivity contribution in [2.45, 2.75) is 6.42 Å². The van der Waals surface area contributed by atoms with Crippen molar-refractivity contribution in [3.63, 3.8) is 0 Å². The first-order chi connectivity index (χ1) is 9.29. The summed E-state index contributed by atoms with van der Waals surface area (Å²) in [6, 6.07) is 10.0. The lowest BCUT2D eigenvalue weighted by Gasteiger charge is -2.21. The molecule has 19 heavy (non-hydrogen) atoms. The van der Waals surface area contributed by atoms with Gasteiger partial charge in [-0.1, -0.05) is 30.3 Å². The van der Waals surface area contributed by atoms with Crippen LogP contribution >= 0.6 is 0 Å². The van der Waals surface area contributed by atoms with Crippen molar-refractivity contribution in [1.82, 2.24) is 0 Å². The van der Waals surface area contributed by atoms with Gasteiger partial charge in [0.25, 0.3) is 0 Å². The van der Waals surface area contributed by atoms with E-state index in [1.807, 2.05) is 36.4 Å². The lowest BCUT2D eigenvalue weighted by atomic mass is 9.82. The van der Waals surface area contributed by atoms with E-state index in [4.69, 9.17) is 9.47 Å². The van der Waals surface area contributed by atoms with Crippen LogP contribution in [0.5, 0.6) is 0 Å². The van der Waals surface area contributed by atoms with Gasteiger partial charge in [0, 0.05) is 5.92 Å². The molecule has 0 aromatic heterocycles. The molecule has 1 fully saturated rings. The van der Waals surface area contributed by atoms with Crippen molar-refractivity contribution in [1.29, 1.82) is 0 Å². The van der Waals surface area contributed by atoms with Crippen molar-refractivity contribution >= 4 is 11.5 Å². The third-order valence-electron chi connectivity index (χ3n) is 3.75. The Morgan fingerprint density at radius 2 is 2.11 bits per heavy atom. The summed E-state index contributed by atoms with van der Waals surface area (Å²) in [5.74, 6) is 0.139. The molecule has 0 bridgehead atoms. The van der Waals surface area contributed by atoms with E-state index in [1.54, 1.807) is 0 Å². The highest BCUT2D eigenvalue weighted by Gasteiger charge is 2.30. The Hall–Kier alpha value is -1.87. The minimum absolute atomic E-state index is 0.267. The van der Waals surface area contributed by atoms with Gasteiger partial charge in [-0.05, 0) is 29.2 Å². The number of rotatable bonds is 2. The molecule has 98 valence electrons. The van der Waals surface area contributed by atoms with E-state index in [9.17, 15) is 4.79 Å². The molecular formula is C16H16O3. The molecule has 1 unspecified atom stereocenters. The maximum Gasteiger partial charge on any atom is 0.338 e. The largest absolute Gasteiger partial charge is 0.465 e. The van der Waals surface area contributed by atoms with E-state index in [2.05, 4.69) is 0 Å². The lowest BCUT2D eigenvalue weighted by Crippen LogP contribution is -2.15.